The maximum Gasteiger partial charge on any atom is 0.492 e. The van der Waals surface area contributed by atoms with Crippen molar-refractivity contribution in [2.24, 2.45) is 16.0 Å². The molecule has 2 atom stereocenters. The minimum atomic E-state index is -0.985. The number of amides is 1. The van der Waals surface area contributed by atoms with Gasteiger partial charge in [-0.25, -0.2) is 4.79 Å². The van der Waals surface area contributed by atoms with E-state index in [-0.39, 0.29) is 24.0 Å². The van der Waals surface area contributed by atoms with Gasteiger partial charge in [-0.2, -0.15) is 0 Å². The van der Waals surface area contributed by atoms with Crippen LogP contribution in [-0.4, -0.2) is 61.5 Å². The van der Waals surface area contributed by atoms with Gasteiger partial charge in [0.05, 0.1) is 33.7 Å². The Labute approximate surface area is 488 Å². The second-order valence-corrected chi connectivity index (χ2v) is 22.9. The third-order valence-electron chi connectivity index (χ3n) is 14.7. The quantitative estimate of drug-likeness (QED) is 0.0866. The van der Waals surface area contributed by atoms with Gasteiger partial charge in [-0.15, -0.1) is 12.4 Å². The van der Waals surface area contributed by atoms with Crippen molar-refractivity contribution in [2.75, 3.05) is 0 Å². The van der Waals surface area contributed by atoms with Crippen LogP contribution in [0.15, 0.2) is 144 Å². The highest BCUT2D eigenvalue weighted by Gasteiger charge is 2.43. The van der Waals surface area contributed by atoms with Crippen molar-refractivity contribution in [1.82, 2.24) is 14.1 Å². The van der Waals surface area contributed by atoms with Gasteiger partial charge in [-0.3, -0.25) is 4.79 Å². The molecular formula is C58H55B2Cl5N6O9. The highest BCUT2D eigenvalue weighted by atomic mass is 35.5. The number of nitrogens with two attached hydrogens (primary N) is 1. The zero-order valence-corrected chi connectivity index (χ0v) is 48.1. The fraction of sp³-hybridized carbons (Fsp3) is 0.241. The molecule has 0 saturated heterocycles. The molecule has 0 fully saturated rings. The Kier molecular flexibility index (Phi) is 16.4. The largest absolute Gasteiger partial charge is 0.492 e. The van der Waals surface area contributed by atoms with Crippen LogP contribution in [0.1, 0.15) is 120 Å². The number of fused-ring (bicyclic) bond motifs is 4. The summed E-state index contributed by atoms with van der Waals surface area (Å²) in [6.45, 7) is 12.5. The number of hydrogen-bond acceptors (Lipinski definition) is 11. The summed E-state index contributed by atoms with van der Waals surface area (Å²) in [5.74, 6) is -1.19. The van der Waals surface area contributed by atoms with Crippen LogP contribution >= 0.6 is 58.8 Å². The monoisotopic (exact) mass is 1180 g/mol. The fourth-order valence-electron chi connectivity index (χ4n) is 10.5. The Morgan fingerprint density at radius 1 is 0.613 bits per heavy atom. The molecule has 12 rings (SSSR count). The molecule has 2 unspecified atom stereocenters. The smallest absolute Gasteiger partial charge is 0.477 e. The second-order valence-electron chi connectivity index (χ2n) is 21.2. The van der Waals surface area contributed by atoms with Gasteiger partial charge in [0, 0.05) is 80.7 Å². The Morgan fingerprint density at radius 2 is 1.04 bits per heavy atom. The summed E-state index contributed by atoms with van der Waals surface area (Å²) in [5, 5.41) is 42.9. The maximum absolute atomic E-state index is 13.3. The van der Waals surface area contributed by atoms with E-state index >= 15 is 0 Å². The number of oxime groups is 2. The van der Waals surface area contributed by atoms with Crippen molar-refractivity contribution in [1.29, 1.82) is 0 Å². The number of nitrogens with zero attached hydrogens (tertiary/aromatic N) is 4. The van der Waals surface area contributed by atoms with Gasteiger partial charge in [0.25, 0.3) is 5.91 Å². The number of rotatable bonds is 9. The van der Waals surface area contributed by atoms with Crippen molar-refractivity contribution >= 4 is 118 Å². The van der Waals surface area contributed by atoms with Gasteiger partial charge in [0.2, 0.25) is 0 Å². The van der Waals surface area contributed by atoms with Crippen LogP contribution < -0.4 is 22.0 Å². The summed E-state index contributed by atoms with van der Waals surface area (Å²) >= 11 is 24.7. The summed E-state index contributed by atoms with van der Waals surface area (Å²) in [6, 6.07) is 36.7. The lowest BCUT2D eigenvalue weighted by molar-refractivity contribution is -0.00755. The number of hydrogen-bond donors (Lipinski definition) is 5. The molecule has 4 aliphatic heterocycles. The van der Waals surface area contributed by atoms with E-state index in [9.17, 15) is 24.7 Å². The first-order valence-electron chi connectivity index (χ1n) is 25.3. The zero-order valence-electron chi connectivity index (χ0n) is 44.3. The molecule has 0 radical (unpaired) electrons. The van der Waals surface area contributed by atoms with Crippen LogP contribution in [0.5, 0.6) is 0 Å². The number of carbonyl (C=O) groups excluding carboxylic acids is 1. The number of carboxylic acid groups (broad SMARTS) is 1. The van der Waals surface area contributed by atoms with E-state index in [2.05, 4.69) is 15.6 Å². The number of carboxylic acids is 1. The van der Waals surface area contributed by atoms with E-state index in [1.165, 1.54) is 0 Å². The molecular weight excluding hydrogens is 1120 g/mol. The normalized spacial score (nSPS) is 19.1. The van der Waals surface area contributed by atoms with Crippen molar-refractivity contribution in [3.63, 3.8) is 0 Å². The van der Waals surface area contributed by atoms with Gasteiger partial charge in [-0.05, 0) is 160 Å². The number of pyridine rings is 2. The molecule has 8 aromatic rings. The minimum Gasteiger partial charge on any atom is -0.477 e. The van der Waals surface area contributed by atoms with Gasteiger partial charge in [0.1, 0.15) is 11.4 Å². The number of benzene rings is 4. The molecule has 0 aliphatic carbocycles. The lowest BCUT2D eigenvalue weighted by Gasteiger charge is -2.22. The molecule has 0 bridgehead atoms. The Balaban J connectivity index is 0.000000162. The zero-order chi connectivity index (χ0) is 56.3. The molecule has 1 amide bonds. The highest BCUT2D eigenvalue weighted by Crippen LogP contribution is 2.41. The lowest BCUT2D eigenvalue weighted by atomic mass is 9.78. The van der Waals surface area contributed by atoms with Gasteiger partial charge in [-0.1, -0.05) is 93.1 Å². The van der Waals surface area contributed by atoms with Crippen LogP contribution in [0, 0.1) is 0 Å². The highest BCUT2D eigenvalue weighted by molar-refractivity contribution is 6.62. The summed E-state index contributed by atoms with van der Waals surface area (Å²) in [6.07, 6.45) is 4.60. The van der Waals surface area contributed by atoms with Crippen LogP contribution in [0.2, 0.25) is 20.1 Å². The summed E-state index contributed by atoms with van der Waals surface area (Å²) < 4.78 is 14.6. The van der Waals surface area contributed by atoms with E-state index in [0.29, 0.717) is 51.7 Å². The molecule has 22 heteroatoms. The van der Waals surface area contributed by atoms with Gasteiger partial charge < -0.3 is 54.0 Å². The third kappa shape index (κ3) is 11.5. The molecule has 0 saturated carbocycles. The van der Waals surface area contributed by atoms with Crippen LogP contribution in [0.4, 0.5) is 0 Å². The Morgan fingerprint density at radius 3 is 1.49 bits per heavy atom. The summed E-state index contributed by atoms with van der Waals surface area (Å²) in [5.41, 5.74) is 15.9. The molecule has 4 aromatic carbocycles. The topological polar surface area (TPSA) is 203 Å². The maximum atomic E-state index is 13.3. The van der Waals surface area contributed by atoms with Crippen LogP contribution in [0.25, 0.3) is 11.0 Å². The molecule has 0 spiro atoms. The predicted molar refractivity (Wildman–Crippen MR) is 316 cm³/mol. The lowest BCUT2D eigenvalue weighted by Crippen LogP contribution is -2.29. The van der Waals surface area contributed by atoms with E-state index in [1.807, 2.05) is 137 Å². The molecule has 8 heterocycles. The van der Waals surface area contributed by atoms with E-state index in [1.54, 1.807) is 47.0 Å². The van der Waals surface area contributed by atoms with Crippen molar-refractivity contribution in [3.8, 4) is 0 Å². The Hall–Kier alpha value is -6.34. The number of aromatic nitrogens is 2. The van der Waals surface area contributed by atoms with Crippen molar-refractivity contribution in [2.45, 2.75) is 89.9 Å². The molecule has 6 N–H and O–H groups in total. The average Bonchev–Trinajstić information content (AvgIpc) is 4.29. The summed E-state index contributed by atoms with van der Waals surface area (Å²) in [7, 11) is -1.73. The number of nitrogens with one attached hydrogen (secondary N) is 1. The van der Waals surface area contributed by atoms with Crippen LogP contribution in [-0.2, 0) is 54.5 Å². The standard InChI is InChI=1S/C29H26BCl2N3O4.C19H14Cl2N2O3.C10H14BNO2.ClH/c1-28(2)22-11-17(6-8-23(22)30(37)38-28)16-33-27(36)26-9-7-21(25-5-4-10-35(25)26)24-15-29(3,39-34-24)18-12-19(31)14-20(32)13-18;1-19(11-7-12(20)9-13(21)8-11)10-15(22-26-19)14-4-5-17(18(24)25)23-6-2-3-16(14)23;1-10(2)8-5-7(6-12)3-4-9(8)11(13)14-10;/h4-14,37H,15-16H2,1-3H3,(H,33,36);2-9H,10H2,1H3,(H,24,25);3-5,13H,6,12H2,1-2H3;1H. The Bertz CT molecular complexity index is 3770. The first-order chi connectivity index (χ1) is 37.5. The van der Waals surface area contributed by atoms with E-state index in [4.69, 9.17) is 71.1 Å². The number of carbonyl (C=O) groups is 2. The van der Waals surface area contributed by atoms with Crippen molar-refractivity contribution in [3.05, 3.63) is 210 Å². The minimum absolute atomic E-state index is 0. The van der Waals surface area contributed by atoms with Crippen LogP contribution in [0.3, 0.4) is 0 Å². The van der Waals surface area contributed by atoms with Gasteiger partial charge >= 0.3 is 20.2 Å². The van der Waals surface area contributed by atoms with E-state index in [0.717, 1.165) is 77.9 Å². The molecule has 15 nitrogen and oxygen atoms in total. The number of aromatic carboxylic acids is 1. The second kappa shape index (κ2) is 22.5. The number of halogens is 5. The first-order valence-corrected chi connectivity index (χ1v) is 26.8. The molecule has 80 heavy (non-hydrogen) atoms. The fourth-order valence-corrected chi connectivity index (χ4v) is 11.6. The molecule has 4 aromatic heterocycles. The average molecular weight is 1180 g/mol. The molecule has 4 aliphatic rings. The summed E-state index contributed by atoms with van der Waals surface area (Å²) in [4.78, 5) is 36.3. The van der Waals surface area contributed by atoms with Gasteiger partial charge in [0.15, 0.2) is 11.2 Å². The predicted octanol–water partition coefficient (Wildman–Crippen LogP) is 10.7. The SMILES string of the molecule is CC1(C)OB(O)c2ccc(CN)cc21.CC1(C)OB(O)c2ccc(CNC(=O)c3ccc(C4=NOC(C)(c5cc(Cl)cc(Cl)c5)C4)c4cccn34)cc21.CC1(c2cc(Cl)cc(Cl)c2)CC(c2ccc(C(=O)O)n3cccc23)=NO1.Cl. The third-order valence-corrected chi connectivity index (χ3v) is 15.6. The van der Waals surface area contributed by atoms with E-state index < -0.39 is 42.6 Å². The molecule has 412 valence electrons. The first kappa shape index (κ1) is 58.3. The van der Waals surface area contributed by atoms with Crippen molar-refractivity contribution < 1.29 is 43.7 Å².